The summed E-state index contributed by atoms with van der Waals surface area (Å²) in [6.07, 6.45) is -4.60. The Balaban J connectivity index is 1.56. The molecule has 1 aliphatic rings. The van der Waals surface area contributed by atoms with Gasteiger partial charge in [0, 0.05) is 0 Å². The standard InChI is InChI=1S/C28H29F3O7S/c29-28(30,31)39(32,33)38-25-20-35-24(19-34-16-21-10-4-1-5-11-21)26(36-17-22-12-6-2-7-13-22)27(25)37-18-23-14-8-3-9-15-23/h1-15,24-27H,16-20H2/t24-,25+,26+,27-/m1/s1. The molecule has 0 saturated carbocycles. The van der Waals surface area contributed by atoms with Gasteiger partial charge in [-0.2, -0.15) is 21.6 Å². The number of halogens is 3. The number of hydrogen-bond acceptors (Lipinski definition) is 7. The zero-order chi connectivity index (χ0) is 27.7. The molecule has 0 bridgehead atoms. The van der Waals surface area contributed by atoms with Crippen LogP contribution in [0, 0.1) is 0 Å². The summed E-state index contributed by atoms with van der Waals surface area (Å²) in [4.78, 5) is 0. The highest BCUT2D eigenvalue weighted by atomic mass is 32.2. The zero-order valence-corrected chi connectivity index (χ0v) is 21.7. The molecule has 4 rings (SSSR count). The van der Waals surface area contributed by atoms with Gasteiger partial charge in [0.2, 0.25) is 0 Å². The molecule has 0 spiro atoms. The Morgan fingerprint density at radius 1 is 0.718 bits per heavy atom. The van der Waals surface area contributed by atoms with Gasteiger partial charge in [-0.05, 0) is 16.7 Å². The summed E-state index contributed by atoms with van der Waals surface area (Å²) < 4.78 is 91.8. The molecule has 1 aliphatic heterocycles. The first-order valence-electron chi connectivity index (χ1n) is 12.3. The van der Waals surface area contributed by atoms with Crippen molar-refractivity contribution in [3.05, 3.63) is 108 Å². The van der Waals surface area contributed by atoms with Gasteiger partial charge in [0.25, 0.3) is 0 Å². The van der Waals surface area contributed by atoms with E-state index in [0.29, 0.717) is 0 Å². The van der Waals surface area contributed by atoms with Crippen molar-refractivity contribution in [3.63, 3.8) is 0 Å². The van der Waals surface area contributed by atoms with E-state index in [1.54, 1.807) is 24.3 Å². The van der Waals surface area contributed by atoms with Crippen LogP contribution in [0.25, 0.3) is 0 Å². The Hall–Kier alpha value is -2.80. The first-order valence-corrected chi connectivity index (χ1v) is 13.7. The van der Waals surface area contributed by atoms with Crippen LogP contribution in [0.3, 0.4) is 0 Å². The van der Waals surface area contributed by atoms with Crippen molar-refractivity contribution in [2.75, 3.05) is 13.2 Å². The quantitative estimate of drug-likeness (QED) is 0.225. The van der Waals surface area contributed by atoms with Crippen LogP contribution < -0.4 is 0 Å². The molecule has 0 aromatic heterocycles. The average molecular weight is 567 g/mol. The summed E-state index contributed by atoms with van der Waals surface area (Å²) in [7, 11) is -5.92. The van der Waals surface area contributed by atoms with E-state index in [2.05, 4.69) is 4.18 Å². The molecule has 3 aromatic rings. The molecule has 0 N–H and O–H groups in total. The van der Waals surface area contributed by atoms with E-state index in [4.69, 9.17) is 18.9 Å². The van der Waals surface area contributed by atoms with Gasteiger partial charge in [-0.1, -0.05) is 91.0 Å². The second kappa shape index (κ2) is 13.5. The summed E-state index contributed by atoms with van der Waals surface area (Å²) >= 11 is 0. The van der Waals surface area contributed by atoms with Crippen LogP contribution in [0.15, 0.2) is 91.0 Å². The lowest BCUT2D eigenvalue weighted by molar-refractivity contribution is -0.230. The first kappa shape index (κ1) is 29.2. The third kappa shape index (κ3) is 8.34. The molecule has 3 aromatic carbocycles. The monoisotopic (exact) mass is 566 g/mol. The van der Waals surface area contributed by atoms with Crippen LogP contribution in [-0.4, -0.2) is 51.6 Å². The number of hydrogen-bond donors (Lipinski definition) is 0. The molecule has 0 radical (unpaired) electrons. The molecule has 4 atom stereocenters. The van der Waals surface area contributed by atoms with Crippen molar-refractivity contribution in [1.29, 1.82) is 0 Å². The number of alkyl halides is 3. The Bertz CT molecular complexity index is 1240. The summed E-state index contributed by atoms with van der Waals surface area (Å²) in [5, 5.41) is 0. The van der Waals surface area contributed by atoms with Crippen LogP contribution >= 0.6 is 0 Å². The predicted molar refractivity (Wildman–Crippen MR) is 136 cm³/mol. The second-order valence-corrected chi connectivity index (χ2v) is 10.5. The summed E-state index contributed by atoms with van der Waals surface area (Å²) in [5.41, 5.74) is -3.15. The van der Waals surface area contributed by atoms with Gasteiger partial charge in [0.1, 0.15) is 24.4 Å². The van der Waals surface area contributed by atoms with E-state index in [9.17, 15) is 21.6 Å². The largest absolute Gasteiger partial charge is 0.523 e. The lowest BCUT2D eigenvalue weighted by atomic mass is 9.99. The molecular weight excluding hydrogens is 537 g/mol. The minimum absolute atomic E-state index is 0.0137. The van der Waals surface area contributed by atoms with E-state index in [1.807, 2.05) is 66.7 Å². The van der Waals surface area contributed by atoms with Gasteiger partial charge >= 0.3 is 15.6 Å². The fraction of sp³-hybridized carbons (Fsp3) is 0.357. The van der Waals surface area contributed by atoms with E-state index in [-0.39, 0.29) is 26.4 Å². The minimum Gasteiger partial charge on any atom is -0.374 e. The highest BCUT2D eigenvalue weighted by molar-refractivity contribution is 7.87. The predicted octanol–water partition coefficient (Wildman–Crippen LogP) is 5.01. The van der Waals surface area contributed by atoms with Gasteiger partial charge in [0.05, 0.1) is 33.0 Å². The van der Waals surface area contributed by atoms with Crippen LogP contribution in [-0.2, 0) is 53.1 Å². The van der Waals surface area contributed by atoms with Gasteiger partial charge in [-0.25, -0.2) is 0 Å². The van der Waals surface area contributed by atoms with Gasteiger partial charge in [-0.15, -0.1) is 0 Å². The molecule has 1 heterocycles. The fourth-order valence-corrected chi connectivity index (χ4v) is 4.68. The van der Waals surface area contributed by atoms with Gasteiger partial charge in [0.15, 0.2) is 0 Å². The van der Waals surface area contributed by atoms with Gasteiger partial charge in [-0.3, -0.25) is 4.18 Å². The molecule has 1 fully saturated rings. The molecule has 1 saturated heterocycles. The maximum absolute atomic E-state index is 13.2. The van der Waals surface area contributed by atoms with Gasteiger partial charge < -0.3 is 18.9 Å². The van der Waals surface area contributed by atoms with Crippen molar-refractivity contribution in [3.8, 4) is 0 Å². The SMILES string of the molecule is O=S(=O)(O[C@H]1CO[C@H](COCc2ccccc2)[C@H](OCc2ccccc2)[C@@H]1OCc1ccccc1)C(F)(F)F. The van der Waals surface area contributed by atoms with E-state index in [1.165, 1.54) is 0 Å². The molecule has 0 unspecified atom stereocenters. The third-order valence-electron chi connectivity index (χ3n) is 6.03. The van der Waals surface area contributed by atoms with E-state index in [0.717, 1.165) is 16.7 Å². The second-order valence-electron chi connectivity index (χ2n) is 8.93. The lowest BCUT2D eigenvalue weighted by Crippen LogP contribution is -2.58. The first-order chi connectivity index (χ1) is 18.7. The van der Waals surface area contributed by atoms with Crippen LogP contribution in [0.5, 0.6) is 0 Å². The van der Waals surface area contributed by atoms with Crippen molar-refractivity contribution >= 4 is 10.1 Å². The number of rotatable bonds is 12. The summed E-state index contributed by atoms with van der Waals surface area (Å²) in [6, 6.07) is 27.5. The molecular formula is C28H29F3O7S. The maximum atomic E-state index is 13.2. The van der Waals surface area contributed by atoms with Crippen molar-refractivity contribution in [2.24, 2.45) is 0 Å². The average Bonchev–Trinajstić information content (AvgIpc) is 2.93. The van der Waals surface area contributed by atoms with E-state index >= 15 is 0 Å². The number of ether oxygens (including phenoxy) is 4. The van der Waals surface area contributed by atoms with Crippen molar-refractivity contribution in [2.45, 2.75) is 49.7 Å². The molecule has 11 heteroatoms. The van der Waals surface area contributed by atoms with Crippen LogP contribution in [0.4, 0.5) is 13.2 Å². The van der Waals surface area contributed by atoms with Crippen LogP contribution in [0.1, 0.15) is 16.7 Å². The van der Waals surface area contributed by atoms with Crippen molar-refractivity contribution < 1.29 is 44.7 Å². The highest BCUT2D eigenvalue weighted by Gasteiger charge is 2.52. The molecule has 210 valence electrons. The van der Waals surface area contributed by atoms with Crippen LogP contribution in [0.2, 0.25) is 0 Å². The minimum atomic E-state index is -5.92. The summed E-state index contributed by atoms with van der Waals surface area (Å²) in [6.45, 7) is -0.115. The lowest BCUT2D eigenvalue weighted by Gasteiger charge is -2.41. The summed E-state index contributed by atoms with van der Waals surface area (Å²) in [5.74, 6) is 0. The highest BCUT2D eigenvalue weighted by Crippen LogP contribution is 2.31. The van der Waals surface area contributed by atoms with Crippen molar-refractivity contribution in [1.82, 2.24) is 0 Å². The fourth-order valence-electron chi connectivity index (χ4n) is 4.08. The van der Waals surface area contributed by atoms with E-state index < -0.39 is 46.6 Å². The normalized spacial score (nSPS) is 22.0. The molecule has 0 amide bonds. The number of benzene rings is 3. The maximum Gasteiger partial charge on any atom is 0.523 e. The molecule has 39 heavy (non-hydrogen) atoms. The topological polar surface area (TPSA) is 80.3 Å². The Morgan fingerprint density at radius 3 is 1.67 bits per heavy atom. The smallest absolute Gasteiger partial charge is 0.374 e. The zero-order valence-electron chi connectivity index (χ0n) is 20.9. The Kier molecular flexibility index (Phi) is 10.1. The molecule has 7 nitrogen and oxygen atoms in total. The Morgan fingerprint density at radius 2 is 1.18 bits per heavy atom. The Labute approximate surface area is 225 Å². The third-order valence-corrected chi connectivity index (χ3v) is 7.10. The molecule has 0 aliphatic carbocycles.